The van der Waals surface area contributed by atoms with Crippen LogP contribution in [0, 0.1) is 6.92 Å². The topological polar surface area (TPSA) is 39.1 Å². The summed E-state index contributed by atoms with van der Waals surface area (Å²) in [5.74, 6) is 0. The van der Waals surface area contributed by atoms with Gasteiger partial charge in [-0.3, -0.25) is 4.79 Å². The fraction of sp³-hybridized carbons (Fsp3) is 0.250. The second-order valence-electron chi connectivity index (χ2n) is 2.32. The Kier molecular flexibility index (Phi) is 2.21. The standard InChI is InChI=1S/C8H9NO2/c1-7-3-2-4-9(5-6-10)8(7)11/h2-4,6H,5H2,1H3. The van der Waals surface area contributed by atoms with E-state index in [1.54, 1.807) is 25.3 Å². The van der Waals surface area contributed by atoms with Crippen molar-refractivity contribution in [1.82, 2.24) is 4.57 Å². The molecule has 0 unspecified atom stereocenters. The molecule has 1 rings (SSSR count). The normalized spacial score (nSPS) is 9.55. The van der Waals surface area contributed by atoms with E-state index >= 15 is 0 Å². The predicted molar refractivity (Wildman–Crippen MR) is 41.5 cm³/mol. The number of pyridine rings is 1. The van der Waals surface area contributed by atoms with Gasteiger partial charge in [0.2, 0.25) is 0 Å². The highest BCUT2D eigenvalue weighted by Crippen LogP contribution is 1.87. The molecule has 58 valence electrons. The number of rotatable bonds is 2. The molecule has 0 atom stereocenters. The van der Waals surface area contributed by atoms with Crippen LogP contribution in [0.2, 0.25) is 0 Å². The quantitative estimate of drug-likeness (QED) is 0.572. The molecule has 0 saturated carbocycles. The van der Waals surface area contributed by atoms with Crippen molar-refractivity contribution in [3.63, 3.8) is 0 Å². The van der Waals surface area contributed by atoms with Gasteiger partial charge in [0.05, 0.1) is 6.54 Å². The summed E-state index contributed by atoms with van der Waals surface area (Å²) in [6, 6.07) is 3.48. The Bertz CT molecular complexity index is 314. The van der Waals surface area contributed by atoms with Gasteiger partial charge >= 0.3 is 0 Å². The van der Waals surface area contributed by atoms with Crippen LogP contribution in [-0.2, 0) is 11.3 Å². The van der Waals surface area contributed by atoms with E-state index in [-0.39, 0.29) is 12.1 Å². The number of nitrogens with zero attached hydrogens (tertiary/aromatic N) is 1. The molecular weight excluding hydrogens is 142 g/mol. The van der Waals surface area contributed by atoms with Crippen LogP contribution in [0.5, 0.6) is 0 Å². The van der Waals surface area contributed by atoms with E-state index in [0.29, 0.717) is 11.8 Å². The third kappa shape index (κ3) is 1.55. The van der Waals surface area contributed by atoms with Crippen LogP contribution in [0.25, 0.3) is 0 Å². The van der Waals surface area contributed by atoms with E-state index in [9.17, 15) is 9.59 Å². The van der Waals surface area contributed by atoms with Crippen LogP contribution < -0.4 is 5.56 Å². The molecule has 0 bridgehead atoms. The first kappa shape index (κ1) is 7.72. The zero-order valence-electron chi connectivity index (χ0n) is 6.28. The van der Waals surface area contributed by atoms with Gasteiger partial charge in [-0.2, -0.15) is 0 Å². The van der Waals surface area contributed by atoms with E-state index in [0.717, 1.165) is 0 Å². The lowest BCUT2D eigenvalue weighted by molar-refractivity contribution is -0.108. The van der Waals surface area contributed by atoms with Crippen LogP contribution in [0.4, 0.5) is 0 Å². The molecule has 11 heavy (non-hydrogen) atoms. The summed E-state index contributed by atoms with van der Waals surface area (Å²) < 4.78 is 1.38. The fourth-order valence-corrected chi connectivity index (χ4v) is 0.881. The van der Waals surface area contributed by atoms with Crippen LogP contribution in [0.15, 0.2) is 23.1 Å². The van der Waals surface area contributed by atoms with Gasteiger partial charge in [-0.25, -0.2) is 0 Å². The number of carbonyl (C=O) groups excluding carboxylic acids is 1. The lowest BCUT2D eigenvalue weighted by Crippen LogP contribution is -2.21. The van der Waals surface area contributed by atoms with Crippen LogP contribution >= 0.6 is 0 Å². The summed E-state index contributed by atoms with van der Waals surface area (Å²) >= 11 is 0. The third-order valence-electron chi connectivity index (χ3n) is 1.48. The highest BCUT2D eigenvalue weighted by Gasteiger charge is 1.95. The van der Waals surface area contributed by atoms with Gasteiger partial charge in [0.15, 0.2) is 0 Å². The summed E-state index contributed by atoms with van der Waals surface area (Å²) in [6.07, 6.45) is 2.31. The van der Waals surface area contributed by atoms with Gasteiger partial charge in [0, 0.05) is 11.8 Å². The molecule has 1 aromatic heterocycles. The number of hydrogen-bond donors (Lipinski definition) is 0. The van der Waals surface area contributed by atoms with Crippen molar-refractivity contribution in [2.24, 2.45) is 0 Å². The monoisotopic (exact) mass is 151 g/mol. The highest BCUT2D eigenvalue weighted by atomic mass is 16.1. The first-order chi connectivity index (χ1) is 5.25. The Morgan fingerprint density at radius 1 is 1.64 bits per heavy atom. The maximum absolute atomic E-state index is 11.2. The molecule has 3 heteroatoms. The molecule has 0 saturated heterocycles. The van der Waals surface area contributed by atoms with Crippen LogP contribution in [0.1, 0.15) is 5.56 Å². The summed E-state index contributed by atoms with van der Waals surface area (Å²) in [5.41, 5.74) is 0.564. The average molecular weight is 151 g/mol. The Morgan fingerprint density at radius 3 is 3.00 bits per heavy atom. The molecule has 3 nitrogen and oxygen atoms in total. The zero-order valence-corrected chi connectivity index (χ0v) is 6.28. The Labute approximate surface area is 64.3 Å². The number of hydrogen-bond acceptors (Lipinski definition) is 2. The molecule has 1 heterocycles. The Balaban J connectivity index is 3.16. The molecule has 0 aliphatic rings. The molecule has 1 aromatic rings. The minimum Gasteiger partial charge on any atom is -0.308 e. The smallest absolute Gasteiger partial charge is 0.253 e. The summed E-state index contributed by atoms with van der Waals surface area (Å²) in [4.78, 5) is 21.2. The second kappa shape index (κ2) is 3.14. The van der Waals surface area contributed by atoms with E-state index in [1.807, 2.05) is 0 Å². The Morgan fingerprint density at radius 2 is 2.36 bits per heavy atom. The maximum Gasteiger partial charge on any atom is 0.253 e. The second-order valence-corrected chi connectivity index (χ2v) is 2.32. The minimum absolute atomic E-state index is 0.0976. The first-order valence-corrected chi connectivity index (χ1v) is 3.35. The van der Waals surface area contributed by atoms with Crippen LogP contribution in [-0.4, -0.2) is 10.9 Å². The lowest BCUT2D eigenvalue weighted by Gasteiger charge is -1.99. The first-order valence-electron chi connectivity index (χ1n) is 3.35. The SMILES string of the molecule is Cc1cccn(CC=O)c1=O. The highest BCUT2D eigenvalue weighted by molar-refractivity contribution is 5.49. The molecule has 0 radical (unpaired) electrons. The van der Waals surface area contributed by atoms with E-state index in [1.165, 1.54) is 4.57 Å². The van der Waals surface area contributed by atoms with Crippen molar-refractivity contribution in [2.45, 2.75) is 13.5 Å². The number of aldehydes is 1. The van der Waals surface area contributed by atoms with Gasteiger partial charge in [-0.15, -0.1) is 0 Å². The Hall–Kier alpha value is -1.38. The van der Waals surface area contributed by atoms with Gasteiger partial charge in [-0.1, -0.05) is 6.07 Å². The van der Waals surface area contributed by atoms with Crippen LogP contribution in [0.3, 0.4) is 0 Å². The van der Waals surface area contributed by atoms with Crippen molar-refractivity contribution in [1.29, 1.82) is 0 Å². The molecule has 0 N–H and O–H groups in total. The van der Waals surface area contributed by atoms with E-state index in [4.69, 9.17) is 0 Å². The van der Waals surface area contributed by atoms with Gasteiger partial charge < -0.3 is 9.36 Å². The predicted octanol–water partition coefficient (Wildman–Crippen LogP) is 0.356. The molecule has 0 spiro atoms. The summed E-state index contributed by atoms with van der Waals surface area (Å²) in [5, 5.41) is 0. The molecule has 0 aliphatic carbocycles. The minimum atomic E-state index is -0.0976. The van der Waals surface area contributed by atoms with Crippen molar-refractivity contribution in [2.75, 3.05) is 0 Å². The molecular formula is C8H9NO2. The van der Waals surface area contributed by atoms with Crippen molar-refractivity contribution in [3.8, 4) is 0 Å². The largest absolute Gasteiger partial charge is 0.308 e. The van der Waals surface area contributed by atoms with Gasteiger partial charge in [0.1, 0.15) is 6.29 Å². The lowest BCUT2D eigenvalue weighted by atomic mass is 10.3. The van der Waals surface area contributed by atoms with Crippen molar-refractivity contribution in [3.05, 3.63) is 34.2 Å². The number of aryl methyl sites for hydroxylation is 1. The zero-order chi connectivity index (χ0) is 8.27. The van der Waals surface area contributed by atoms with E-state index < -0.39 is 0 Å². The van der Waals surface area contributed by atoms with E-state index in [2.05, 4.69) is 0 Å². The molecule has 0 aliphatic heterocycles. The molecule has 0 amide bonds. The van der Waals surface area contributed by atoms with Crippen molar-refractivity contribution >= 4 is 6.29 Å². The average Bonchev–Trinajstić information content (AvgIpc) is 1.99. The fourth-order valence-electron chi connectivity index (χ4n) is 0.881. The van der Waals surface area contributed by atoms with Gasteiger partial charge in [-0.05, 0) is 13.0 Å². The van der Waals surface area contributed by atoms with Gasteiger partial charge in [0.25, 0.3) is 5.56 Å². The maximum atomic E-state index is 11.2. The molecule has 0 aromatic carbocycles. The van der Waals surface area contributed by atoms with Crippen molar-refractivity contribution < 1.29 is 4.79 Å². The third-order valence-corrected chi connectivity index (χ3v) is 1.48. The summed E-state index contributed by atoms with van der Waals surface area (Å²) in [7, 11) is 0. The molecule has 0 fully saturated rings. The number of carbonyl (C=O) groups is 1. The summed E-state index contributed by atoms with van der Waals surface area (Å²) in [6.45, 7) is 1.87. The number of aromatic nitrogens is 1.